The smallest absolute Gasteiger partial charge is 0.326 e. The van der Waals surface area contributed by atoms with Crippen LogP contribution < -0.4 is 11.1 Å². The van der Waals surface area contributed by atoms with E-state index in [1.54, 1.807) is 0 Å². The summed E-state index contributed by atoms with van der Waals surface area (Å²) in [4.78, 5) is 33.3. The number of rotatable bonds is 16. The number of nitrogens with two attached hydrogens (primary N) is 1. The van der Waals surface area contributed by atoms with Crippen molar-refractivity contribution in [3.8, 4) is 0 Å². The third kappa shape index (κ3) is 14.0. The largest absolute Gasteiger partial charge is 0.480 e. The molecule has 0 aromatic carbocycles. The van der Waals surface area contributed by atoms with E-state index in [-0.39, 0.29) is 12.3 Å². The van der Waals surface area contributed by atoms with E-state index in [0.717, 1.165) is 19.3 Å². The van der Waals surface area contributed by atoms with Gasteiger partial charge in [-0.25, -0.2) is 4.79 Å². The SMILES string of the molecule is CCCCCCCCCCCCCC(=O)N[C@H](CC(N)=O)C(=O)O. The molecule has 0 saturated carbocycles. The number of hydrogen-bond acceptors (Lipinski definition) is 3. The van der Waals surface area contributed by atoms with Gasteiger partial charge in [0.25, 0.3) is 0 Å². The van der Waals surface area contributed by atoms with Crippen LogP contribution in [0.25, 0.3) is 0 Å². The molecule has 0 aliphatic rings. The van der Waals surface area contributed by atoms with Gasteiger partial charge < -0.3 is 16.2 Å². The maximum Gasteiger partial charge on any atom is 0.326 e. The number of hydrogen-bond donors (Lipinski definition) is 3. The van der Waals surface area contributed by atoms with E-state index >= 15 is 0 Å². The molecule has 0 aliphatic carbocycles. The van der Waals surface area contributed by atoms with Crippen LogP contribution in [0.2, 0.25) is 0 Å². The molecule has 0 saturated heterocycles. The molecule has 2 amide bonds. The average molecular weight is 342 g/mol. The van der Waals surface area contributed by atoms with E-state index in [1.165, 1.54) is 51.4 Å². The van der Waals surface area contributed by atoms with Gasteiger partial charge in [0.1, 0.15) is 6.04 Å². The highest BCUT2D eigenvalue weighted by molar-refractivity contribution is 5.88. The molecule has 0 rings (SSSR count). The standard InChI is InChI=1S/C18H34N2O4/c1-2-3-4-5-6-7-8-9-10-11-12-13-17(22)20-15(18(23)24)14-16(19)21/h15H,2-14H2,1H3,(H2,19,21)(H,20,22)(H,23,24)/t15-/m1/s1. The van der Waals surface area contributed by atoms with E-state index < -0.39 is 17.9 Å². The second kappa shape index (κ2) is 15.0. The van der Waals surface area contributed by atoms with Crippen molar-refractivity contribution < 1.29 is 19.5 Å². The van der Waals surface area contributed by atoms with Gasteiger partial charge in [0.05, 0.1) is 6.42 Å². The number of carbonyl (C=O) groups is 3. The lowest BCUT2D eigenvalue weighted by atomic mass is 10.1. The Balaban J connectivity index is 3.54. The molecule has 0 bridgehead atoms. The summed E-state index contributed by atoms with van der Waals surface area (Å²) >= 11 is 0. The highest BCUT2D eigenvalue weighted by atomic mass is 16.4. The number of nitrogens with one attached hydrogen (secondary N) is 1. The van der Waals surface area contributed by atoms with E-state index in [1.807, 2.05) is 0 Å². The fraction of sp³-hybridized carbons (Fsp3) is 0.833. The molecule has 24 heavy (non-hydrogen) atoms. The molecule has 0 aromatic rings. The minimum absolute atomic E-state index is 0.291. The number of aliphatic carboxylic acids is 1. The van der Waals surface area contributed by atoms with Gasteiger partial charge >= 0.3 is 5.97 Å². The molecular weight excluding hydrogens is 308 g/mol. The van der Waals surface area contributed by atoms with Crippen LogP contribution in [0.5, 0.6) is 0 Å². The lowest BCUT2D eigenvalue weighted by Gasteiger charge is -2.12. The van der Waals surface area contributed by atoms with Gasteiger partial charge in [-0.1, -0.05) is 71.1 Å². The summed E-state index contributed by atoms with van der Waals surface area (Å²) in [6.07, 6.45) is 13.1. The van der Waals surface area contributed by atoms with Crippen molar-refractivity contribution in [2.45, 2.75) is 96.4 Å². The van der Waals surface area contributed by atoms with Gasteiger partial charge in [-0.3, -0.25) is 9.59 Å². The summed E-state index contributed by atoms with van der Waals surface area (Å²) in [6, 6.07) is -1.22. The third-order valence-electron chi connectivity index (χ3n) is 4.05. The first-order chi connectivity index (χ1) is 11.5. The molecule has 0 aromatic heterocycles. The minimum atomic E-state index is -1.24. The molecule has 0 spiro atoms. The maximum absolute atomic E-state index is 11.7. The Morgan fingerprint density at radius 3 is 1.75 bits per heavy atom. The zero-order valence-electron chi connectivity index (χ0n) is 15.0. The number of carboxylic acid groups (broad SMARTS) is 1. The van der Waals surface area contributed by atoms with E-state index in [4.69, 9.17) is 10.8 Å². The van der Waals surface area contributed by atoms with Crippen molar-refractivity contribution in [2.24, 2.45) is 5.73 Å². The molecule has 140 valence electrons. The van der Waals surface area contributed by atoms with Crippen LogP contribution in [0.1, 0.15) is 90.4 Å². The highest BCUT2D eigenvalue weighted by Gasteiger charge is 2.21. The number of primary amides is 1. The van der Waals surface area contributed by atoms with Crippen LogP contribution in [0, 0.1) is 0 Å². The predicted molar refractivity (Wildman–Crippen MR) is 94.5 cm³/mol. The van der Waals surface area contributed by atoms with Gasteiger partial charge in [-0.2, -0.15) is 0 Å². The summed E-state index contributed by atoms with van der Waals surface area (Å²) in [5.74, 6) is -2.31. The molecule has 0 heterocycles. The monoisotopic (exact) mass is 342 g/mol. The second-order valence-corrected chi connectivity index (χ2v) is 6.41. The van der Waals surface area contributed by atoms with E-state index in [0.29, 0.717) is 6.42 Å². The number of amides is 2. The third-order valence-corrected chi connectivity index (χ3v) is 4.05. The zero-order valence-corrected chi connectivity index (χ0v) is 15.0. The molecule has 0 radical (unpaired) electrons. The van der Waals surface area contributed by atoms with Crippen LogP contribution in [-0.4, -0.2) is 28.9 Å². The van der Waals surface area contributed by atoms with Crippen molar-refractivity contribution >= 4 is 17.8 Å². The molecular formula is C18H34N2O4. The van der Waals surface area contributed by atoms with Crippen molar-refractivity contribution in [2.75, 3.05) is 0 Å². The first-order valence-electron chi connectivity index (χ1n) is 9.27. The summed E-state index contributed by atoms with van der Waals surface area (Å²) < 4.78 is 0. The predicted octanol–water partition coefficient (Wildman–Crippen LogP) is 3.13. The summed E-state index contributed by atoms with van der Waals surface area (Å²) in [5.41, 5.74) is 4.97. The van der Waals surface area contributed by atoms with Gasteiger partial charge in [0, 0.05) is 6.42 Å². The second-order valence-electron chi connectivity index (χ2n) is 6.41. The van der Waals surface area contributed by atoms with E-state index in [2.05, 4.69) is 12.2 Å². The normalized spacial score (nSPS) is 11.9. The summed E-state index contributed by atoms with van der Waals surface area (Å²) in [7, 11) is 0. The fourth-order valence-electron chi connectivity index (χ4n) is 2.62. The van der Waals surface area contributed by atoms with Gasteiger partial charge in [0.2, 0.25) is 11.8 Å². The first kappa shape index (κ1) is 22.4. The Morgan fingerprint density at radius 2 is 1.33 bits per heavy atom. The number of carbonyl (C=O) groups excluding carboxylic acids is 2. The lowest BCUT2D eigenvalue weighted by Crippen LogP contribution is -2.43. The Kier molecular flexibility index (Phi) is 14.0. The van der Waals surface area contributed by atoms with Crippen molar-refractivity contribution in [3.63, 3.8) is 0 Å². The van der Waals surface area contributed by atoms with Crippen LogP contribution >= 0.6 is 0 Å². The Morgan fingerprint density at radius 1 is 0.875 bits per heavy atom. The van der Waals surface area contributed by atoms with Crippen LogP contribution in [0.15, 0.2) is 0 Å². The maximum atomic E-state index is 11.7. The number of carboxylic acids is 1. The lowest BCUT2D eigenvalue weighted by molar-refractivity contribution is -0.143. The van der Waals surface area contributed by atoms with Crippen LogP contribution in [0.4, 0.5) is 0 Å². The molecule has 6 heteroatoms. The quantitative estimate of drug-likeness (QED) is 0.374. The molecule has 0 fully saturated rings. The topological polar surface area (TPSA) is 109 Å². The molecule has 0 aliphatic heterocycles. The van der Waals surface area contributed by atoms with Gasteiger partial charge in [-0.05, 0) is 6.42 Å². The Bertz CT molecular complexity index is 372. The van der Waals surface area contributed by atoms with Gasteiger partial charge in [0.15, 0.2) is 0 Å². The molecule has 4 N–H and O–H groups in total. The minimum Gasteiger partial charge on any atom is -0.480 e. The number of unbranched alkanes of at least 4 members (excludes halogenated alkanes) is 10. The van der Waals surface area contributed by atoms with E-state index in [9.17, 15) is 14.4 Å². The van der Waals surface area contributed by atoms with Crippen LogP contribution in [-0.2, 0) is 14.4 Å². The van der Waals surface area contributed by atoms with Crippen LogP contribution in [0.3, 0.4) is 0 Å². The molecule has 1 atom stereocenters. The zero-order chi connectivity index (χ0) is 18.2. The molecule has 0 unspecified atom stereocenters. The van der Waals surface area contributed by atoms with Crippen molar-refractivity contribution in [3.05, 3.63) is 0 Å². The fourth-order valence-corrected chi connectivity index (χ4v) is 2.62. The van der Waals surface area contributed by atoms with Crippen molar-refractivity contribution in [1.82, 2.24) is 5.32 Å². The first-order valence-corrected chi connectivity index (χ1v) is 9.27. The summed E-state index contributed by atoms with van der Waals surface area (Å²) in [6.45, 7) is 2.22. The average Bonchev–Trinajstić information content (AvgIpc) is 2.51. The van der Waals surface area contributed by atoms with Gasteiger partial charge in [-0.15, -0.1) is 0 Å². The molecule has 6 nitrogen and oxygen atoms in total. The Hall–Kier alpha value is -1.59. The van der Waals surface area contributed by atoms with Crippen molar-refractivity contribution in [1.29, 1.82) is 0 Å². The Labute approximate surface area is 145 Å². The highest BCUT2D eigenvalue weighted by Crippen LogP contribution is 2.11. The summed E-state index contributed by atoms with van der Waals surface area (Å²) in [5, 5.41) is 11.3.